The molecule has 1 nitrogen and oxygen atoms in total. The molecule has 0 aliphatic rings. The minimum absolute atomic E-state index is 0.261. The second-order valence-electron chi connectivity index (χ2n) is 3.89. The summed E-state index contributed by atoms with van der Waals surface area (Å²) in [5.41, 5.74) is 1.67. The Bertz CT molecular complexity index is 358. The highest BCUT2D eigenvalue weighted by Gasteiger charge is 2.13. The van der Waals surface area contributed by atoms with Crippen molar-refractivity contribution < 1.29 is 13.2 Å². The SMILES string of the molecule is Cc1cc(F)ccc1CN(CCBr)CC(F)F. The molecule has 0 unspecified atom stereocenters. The van der Waals surface area contributed by atoms with Gasteiger partial charge in [0.25, 0.3) is 6.43 Å². The van der Waals surface area contributed by atoms with Crippen molar-refractivity contribution in [1.82, 2.24) is 4.90 Å². The topological polar surface area (TPSA) is 3.24 Å². The average molecular weight is 310 g/mol. The highest BCUT2D eigenvalue weighted by atomic mass is 79.9. The number of benzene rings is 1. The summed E-state index contributed by atoms with van der Waals surface area (Å²) >= 11 is 3.24. The van der Waals surface area contributed by atoms with Gasteiger partial charge in [-0.05, 0) is 30.2 Å². The molecule has 96 valence electrons. The van der Waals surface area contributed by atoms with Gasteiger partial charge in [0.2, 0.25) is 0 Å². The molecule has 0 spiro atoms. The van der Waals surface area contributed by atoms with E-state index < -0.39 is 6.43 Å². The lowest BCUT2D eigenvalue weighted by molar-refractivity contribution is 0.0880. The van der Waals surface area contributed by atoms with E-state index in [1.165, 1.54) is 12.1 Å². The van der Waals surface area contributed by atoms with Gasteiger partial charge < -0.3 is 0 Å². The molecule has 1 aromatic carbocycles. The van der Waals surface area contributed by atoms with Crippen LogP contribution in [0, 0.1) is 12.7 Å². The van der Waals surface area contributed by atoms with E-state index in [1.807, 2.05) is 0 Å². The molecule has 1 aromatic rings. The number of rotatable bonds is 6. The Morgan fingerprint density at radius 3 is 2.59 bits per heavy atom. The Morgan fingerprint density at radius 2 is 2.06 bits per heavy atom. The predicted octanol–water partition coefficient (Wildman–Crippen LogP) is 3.60. The van der Waals surface area contributed by atoms with Gasteiger partial charge in [0, 0.05) is 18.4 Å². The largest absolute Gasteiger partial charge is 0.293 e. The third-order valence-electron chi connectivity index (χ3n) is 2.50. The maximum absolute atomic E-state index is 12.9. The van der Waals surface area contributed by atoms with Crippen molar-refractivity contribution in [2.24, 2.45) is 0 Å². The molecule has 5 heteroatoms. The monoisotopic (exact) mass is 309 g/mol. The Balaban J connectivity index is 2.71. The standard InChI is InChI=1S/C12H15BrF3N/c1-9-6-11(14)3-2-10(9)7-17(5-4-13)8-12(15)16/h2-3,6,12H,4-5,7-8H2,1H3. The summed E-state index contributed by atoms with van der Waals surface area (Å²) < 4.78 is 37.6. The number of hydrogen-bond acceptors (Lipinski definition) is 1. The average Bonchev–Trinajstić information content (AvgIpc) is 2.21. The van der Waals surface area contributed by atoms with Crippen LogP contribution in [0.4, 0.5) is 13.2 Å². The van der Waals surface area contributed by atoms with Gasteiger partial charge in [0.05, 0.1) is 6.54 Å². The van der Waals surface area contributed by atoms with Crippen LogP contribution in [0.15, 0.2) is 18.2 Å². The molecule has 1 rings (SSSR count). The van der Waals surface area contributed by atoms with Crippen LogP contribution in [0.2, 0.25) is 0 Å². The Labute approximate surface area is 108 Å². The van der Waals surface area contributed by atoms with Crippen molar-refractivity contribution in [3.05, 3.63) is 35.1 Å². The summed E-state index contributed by atoms with van der Waals surface area (Å²) in [6.45, 7) is 2.48. The van der Waals surface area contributed by atoms with Crippen LogP contribution in [0.25, 0.3) is 0 Å². The van der Waals surface area contributed by atoms with Gasteiger partial charge in [-0.25, -0.2) is 13.2 Å². The van der Waals surface area contributed by atoms with Crippen LogP contribution in [-0.2, 0) is 6.54 Å². The van der Waals surface area contributed by atoms with E-state index >= 15 is 0 Å². The van der Waals surface area contributed by atoms with Crippen LogP contribution in [0.1, 0.15) is 11.1 Å². The molecule has 17 heavy (non-hydrogen) atoms. The van der Waals surface area contributed by atoms with Crippen LogP contribution in [0.3, 0.4) is 0 Å². The molecule has 0 fully saturated rings. The Hall–Kier alpha value is -0.550. The van der Waals surface area contributed by atoms with Gasteiger partial charge in [-0.15, -0.1) is 0 Å². The zero-order valence-corrected chi connectivity index (χ0v) is 11.2. The third-order valence-corrected chi connectivity index (χ3v) is 2.85. The van der Waals surface area contributed by atoms with E-state index in [0.717, 1.165) is 11.1 Å². The van der Waals surface area contributed by atoms with Crippen LogP contribution in [-0.4, -0.2) is 29.7 Å². The number of halogens is 4. The summed E-state index contributed by atoms with van der Waals surface area (Å²) in [5.74, 6) is -0.299. The van der Waals surface area contributed by atoms with Gasteiger partial charge >= 0.3 is 0 Å². The molecular weight excluding hydrogens is 295 g/mol. The first-order valence-corrected chi connectivity index (χ1v) is 6.46. The van der Waals surface area contributed by atoms with Gasteiger partial charge in [0.15, 0.2) is 0 Å². The highest BCUT2D eigenvalue weighted by molar-refractivity contribution is 9.09. The minimum Gasteiger partial charge on any atom is -0.293 e. The lowest BCUT2D eigenvalue weighted by Crippen LogP contribution is -2.30. The van der Waals surface area contributed by atoms with Gasteiger partial charge in [0.1, 0.15) is 5.82 Å². The molecule has 0 aromatic heterocycles. The predicted molar refractivity (Wildman–Crippen MR) is 66.2 cm³/mol. The van der Waals surface area contributed by atoms with Crippen molar-refractivity contribution in [3.8, 4) is 0 Å². The third kappa shape index (κ3) is 5.08. The Kier molecular flexibility index (Phi) is 5.98. The molecule has 0 atom stereocenters. The molecule has 0 N–H and O–H groups in total. The second-order valence-corrected chi connectivity index (χ2v) is 4.68. The maximum Gasteiger partial charge on any atom is 0.251 e. The van der Waals surface area contributed by atoms with E-state index in [-0.39, 0.29) is 12.4 Å². The lowest BCUT2D eigenvalue weighted by atomic mass is 10.1. The Morgan fingerprint density at radius 1 is 1.35 bits per heavy atom. The van der Waals surface area contributed by atoms with E-state index in [9.17, 15) is 13.2 Å². The molecule has 0 radical (unpaired) electrons. The highest BCUT2D eigenvalue weighted by Crippen LogP contribution is 2.13. The summed E-state index contributed by atoms with van der Waals surface area (Å²) in [7, 11) is 0. The quantitative estimate of drug-likeness (QED) is 0.726. The number of nitrogens with zero attached hydrogens (tertiary/aromatic N) is 1. The smallest absolute Gasteiger partial charge is 0.251 e. The van der Waals surface area contributed by atoms with Crippen LogP contribution < -0.4 is 0 Å². The zero-order valence-electron chi connectivity index (χ0n) is 9.60. The molecule has 0 bridgehead atoms. The number of alkyl halides is 3. The molecule has 0 aliphatic carbocycles. The lowest BCUT2D eigenvalue weighted by Gasteiger charge is -2.21. The first kappa shape index (κ1) is 14.5. The van der Waals surface area contributed by atoms with Gasteiger partial charge in [-0.3, -0.25) is 4.90 Å². The van der Waals surface area contributed by atoms with Gasteiger partial charge in [-0.2, -0.15) is 0 Å². The minimum atomic E-state index is -2.35. The number of aryl methyl sites for hydroxylation is 1. The molecule has 0 aliphatic heterocycles. The molecule has 0 saturated carbocycles. The molecular formula is C12H15BrF3N. The second kappa shape index (κ2) is 7.01. The number of hydrogen-bond donors (Lipinski definition) is 0. The van der Waals surface area contributed by atoms with Crippen molar-refractivity contribution in [2.45, 2.75) is 19.9 Å². The first-order valence-electron chi connectivity index (χ1n) is 5.34. The van der Waals surface area contributed by atoms with E-state index in [2.05, 4.69) is 15.9 Å². The first-order chi connectivity index (χ1) is 8.02. The fourth-order valence-electron chi connectivity index (χ4n) is 1.63. The summed E-state index contributed by atoms with van der Waals surface area (Å²) in [6.07, 6.45) is -2.35. The van der Waals surface area contributed by atoms with Crippen molar-refractivity contribution >= 4 is 15.9 Å². The van der Waals surface area contributed by atoms with E-state index in [4.69, 9.17) is 0 Å². The van der Waals surface area contributed by atoms with Crippen LogP contribution in [0.5, 0.6) is 0 Å². The van der Waals surface area contributed by atoms with Gasteiger partial charge in [-0.1, -0.05) is 22.0 Å². The van der Waals surface area contributed by atoms with E-state index in [0.29, 0.717) is 18.4 Å². The zero-order chi connectivity index (χ0) is 12.8. The summed E-state index contributed by atoms with van der Waals surface area (Å²) in [6, 6.07) is 4.43. The molecule has 0 saturated heterocycles. The van der Waals surface area contributed by atoms with Crippen molar-refractivity contribution in [1.29, 1.82) is 0 Å². The summed E-state index contributed by atoms with van der Waals surface area (Å²) in [4.78, 5) is 1.65. The van der Waals surface area contributed by atoms with Crippen LogP contribution >= 0.6 is 15.9 Å². The fraction of sp³-hybridized carbons (Fsp3) is 0.500. The molecule has 0 amide bonds. The van der Waals surface area contributed by atoms with Crippen molar-refractivity contribution in [3.63, 3.8) is 0 Å². The van der Waals surface area contributed by atoms with Crippen molar-refractivity contribution in [2.75, 3.05) is 18.4 Å². The molecule has 0 heterocycles. The summed E-state index contributed by atoms with van der Waals surface area (Å²) in [5, 5.41) is 0.639. The van der Waals surface area contributed by atoms with E-state index in [1.54, 1.807) is 17.9 Å². The maximum atomic E-state index is 12.9. The fourth-order valence-corrected chi connectivity index (χ4v) is 2.13. The normalized spacial score (nSPS) is 11.5.